The third-order valence-electron chi connectivity index (χ3n) is 6.43. The molecule has 0 fully saturated rings. The Labute approximate surface area is 191 Å². The maximum Gasteiger partial charge on any atom is 0.0531 e. The SMILES string of the molecule is CC(C)(C)c1cn(-c2cccc(-n3cc(C(C)(C)C)c4ccccc43)c2)c2ccccc12. The summed E-state index contributed by atoms with van der Waals surface area (Å²) in [5, 5.41) is 2.65. The van der Waals surface area contributed by atoms with E-state index in [0.29, 0.717) is 0 Å². The van der Waals surface area contributed by atoms with Crippen molar-refractivity contribution in [3.05, 3.63) is 96.3 Å². The van der Waals surface area contributed by atoms with Crippen LogP contribution in [0.4, 0.5) is 0 Å². The van der Waals surface area contributed by atoms with Crippen LogP contribution in [-0.4, -0.2) is 9.13 Å². The van der Waals surface area contributed by atoms with Gasteiger partial charge >= 0.3 is 0 Å². The lowest BCUT2D eigenvalue weighted by Crippen LogP contribution is -2.10. The largest absolute Gasteiger partial charge is 0.316 e. The van der Waals surface area contributed by atoms with Gasteiger partial charge in [0.1, 0.15) is 0 Å². The van der Waals surface area contributed by atoms with E-state index in [9.17, 15) is 0 Å². The summed E-state index contributed by atoms with van der Waals surface area (Å²) in [5.74, 6) is 0. The summed E-state index contributed by atoms with van der Waals surface area (Å²) in [4.78, 5) is 0. The Morgan fingerprint density at radius 2 is 0.906 bits per heavy atom. The van der Waals surface area contributed by atoms with Crippen LogP contribution in [-0.2, 0) is 10.8 Å². The molecule has 2 heteroatoms. The smallest absolute Gasteiger partial charge is 0.0531 e. The fourth-order valence-corrected chi connectivity index (χ4v) is 4.77. The van der Waals surface area contributed by atoms with Gasteiger partial charge in [0.15, 0.2) is 0 Å². The van der Waals surface area contributed by atoms with Gasteiger partial charge in [-0.05, 0) is 52.3 Å². The number of para-hydroxylation sites is 2. The first kappa shape index (κ1) is 20.6. The molecule has 0 bridgehead atoms. The Balaban J connectivity index is 1.72. The number of hydrogen-bond donors (Lipinski definition) is 0. The van der Waals surface area contributed by atoms with Crippen LogP contribution in [0.1, 0.15) is 52.7 Å². The molecule has 0 aliphatic heterocycles. The van der Waals surface area contributed by atoms with Crippen molar-refractivity contribution in [2.75, 3.05) is 0 Å². The molecule has 0 radical (unpaired) electrons. The number of benzene rings is 3. The van der Waals surface area contributed by atoms with Gasteiger partial charge in [0.25, 0.3) is 0 Å². The number of aromatic nitrogens is 2. The van der Waals surface area contributed by atoms with E-state index < -0.39 is 0 Å². The highest BCUT2D eigenvalue weighted by Crippen LogP contribution is 2.36. The van der Waals surface area contributed by atoms with Crippen LogP contribution in [0.5, 0.6) is 0 Å². The third-order valence-corrected chi connectivity index (χ3v) is 6.43. The average molecular weight is 421 g/mol. The molecule has 0 amide bonds. The van der Waals surface area contributed by atoms with Crippen molar-refractivity contribution in [1.82, 2.24) is 9.13 Å². The van der Waals surface area contributed by atoms with Crippen LogP contribution in [0.2, 0.25) is 0 Å². The number of nitrogens with zero attached hydrogens (tertiary/aromatic N) is 2. The Kier molecular flexibility index (Phi) is 4.60. The first-order valence-electron chi connectivity index (χ1n) is 11.5. The monoisotopic (exact) mass is 420 g/mol. The molecule has 0 saturated carbocycles. The number of fused-ring (bicyclic) bond motifs is 2. The van der Waals surface area contributed by atoms with Gasteiger partial charge in [-0.1, -0.05) is 84.0 Å². The Morgan fingerprint density at radius 1 is 0.500 bits per heavy atom. The molecule has 5 aromatic rings. The summed E-state index contributed by atoms with van der Waals surface area (Å²) in [6.07, 6.45) is 4.64. The van der Waals surface area contributed by atoms with Crippen LogP contribution < -0.4 is 0 Å². The van der Waals surface area contributed by atoms with Gasteiger partial charge in [0, 0.05) is 34.5 Å². The number of rotatable bonds is 2. The van der Waals surface area contributed by atoms with Crippen LogP contribution in [0.3, 0.4) is 0 Å². The molecule has 0 spiro atoms. The minimum atomic E-state index is 0.0840. The summed E-state index contributed by atoms with van der Waals surface area (Å²) >= 11 is 0. The zero-order valence-corrected chi connectivity index (χ0v) is 20.0. The standard InChI is InChI=1S/C30H32N2/c1-29(2,3)25-19-31(27-16-9-7-14-23(25)27)21-12-11-13-22(18-21)32-20-26(30(4,5)6)24-15-8-10-17-28(24)32/h7-20H,1-6H3. The highest BCUT2D eigenvalue weighted by atomic mass is 15.0. The molecule has 0 aliphatic rings. The molecular formula is C30H32N2. The molecule has 2 nitrogen and oxygen atoms in total. The second kappa shape index (κ2) is 7.13. The van der Waals surface area contributed by atoms with Crippen molar-refractivity contribution in [2.24, 2.45) is 0 Å². The molecule has 0 aliphatic carbocycles. The molecule has 3 aromatic carbocycles. The lowest BCUT2D eigenvalue weighted by Gasteiger charge is -2.17. The molecule has 32 heavy (non-hydrogen) atoms. The molecule has 5 rings (SSSR count). The summed E-state index contributed by atoms with van der Waals surface area (Å²) in [6.45, 7) is 13.7. The summed E-state index contributed by atoms with van der Waals surface area (Å²) < 4.78 is 4.69. The highest BCUT2D eigenvalue weighted by molar-refractivity contribution is 5.88. The van der Waals surface area contributed by atoms with Gasteiger partial charge in [0.2, 0.25) is 0 Å². The minimum absolute atomic E-state index is 0.0840. The fourth-order valence-electron chi connectivity index (χ4n) is 4.77. The van der Waals surface area contributed by atoms with Crippen LogP contribution in [0, 0.1) is 0 Å². The Bertz CT molecular complexity index is 1320. The average Bonchev–Trinajstić information content (AvgIpc) is 3.33. The predicted molar refractivity (Wildman–Crippen MR) is 138 cm³/mol. The molecule has 2 heterocycles. The summed E-state index contributed by atoms with van der Waals surface area (Å²) in [6, 6.07) is 26.3. The number of hydrogen-bond acceptors (Lipinski definition) is 0. The van der Waals surface area contributed by atoms with Gasteiger partial charge in [-0.2, -0.15) is 0 Å². The van der Waals surface area contributed by atoms with Crippen LogP contribution in [0.15, 0.2) is 85.2 Å². The maximum absolute atomic E-state index is 2.34. The van der Waals surface area contributed by atoms with E-state index in [-0.39, 0.29) is 10.8 Å². The predicted octanol–water partition coefficient (Wildman–Crippen LogP) is 8.17. The van der Waals surface area contributed by atoms with Gasteiger partial charge in [-0.3, -0.25) is 0 Å². The lowest BCUT2D eigenvalue weighted by atomic mass is 9.87. The van der Waals surface area contributed by atoms with Crippen molar-refractivity contribution in [3.8, 4) is 11.4 Å². The van der Waals surface area contributed by atoms with Crippen LogP contribution in [0.25, 0.3) is 33.2 Å². The van der Waals surface area contributed by atoms with Crippen molar-refractivity contribution in [3.63, 3.8) is 0 Å². The van der Waals surface area contributed by atoms with Gasteiger partial charge in [-0.15, -0.1) is 0 Å². The van der Waals surface area contributed by atoms with Crippen molar-refractivity contribution < 1.29 is 0 Å². The van der Waals surface area contributed by atoms with E-state index in [1.807, 2.05) is 0 Å². The summed E-state index contributed by atoms with van der Waals surface area (Å²) in [7, 11) is 0. The fraction of sp³-hybridized carbons (Fsp3) is 0.267. The first-order chi connectivity index (χ1) is 15.1. The zero-order chi connectivity index (χ0) is 22.7. The van der Waals surface area contributed by atoms with E-state index in [2.05, 4.69) is 136 Å². The molecule has 0 atom stereocenters. The van der Waals surface area contributed by atoms with E-state index in [0.717, 1.165) is 0 Å². The second-order valence-corrected chi connectivity index (χ2v) is 10.9. The van der Waals surface area contributed by atoms with Crippen molar-refractivity contribution >= 4 is 21.8 Å². The molecule has 0 N–H and O–H groups in total. The molecular weight excluding hydrogens is 388 g/mol. The summed E-state index contributed by atoms with van der Waals surface area (Å²) in [5.41, 5.74) is 7.79. The van der Waals surface area contributed by atoms with E-state index in [1.54, 1.807) is 0 Å². The normalized spacial score (nSPS) is 12.7. The Hall–Kier alpha value is -3.26. The quantitative estimate of drug-likeness (QED) is 0.272. The van der Waals surface area contributed by atoms with Crippen molar-refractivity contribution in [2.45, 2.75) is 52.4 Å². The molecule has 0 saturated heterocycles. The highest BCUT2D eigenvalue weighted by Gasteiger charge is 2.22. The Morgan fingerprint density at radius 3 is 1.31 bits per heavy atom. The molecule has 2 aromatic heterocycles. The van der Waals surface area contributed by atoms with E-state index >= 15 is 0 Å². The van der Waals surface area contributed by atoms with Gasteiger partial charge in [0.05, 0.1) is 11.0 Å². The minimum Gasteiger partial charge on any atom is -0.316 e. The van der Waals surface area contributed by atoms with E-state index in [4.69, 9.17) is 0 Å². The first-order valence-corrected chi connectivity index (χ1v) is 11.5. The molecule has 0 unspecified atom stereocenters. The molecule has 162 valence electrons. The lowest BCUT2D eigenvalue weighted by molar-refractivity contribution is 0.594. The third kappa shape index (κ3) is 3.35. The second-order valence-electron chi connectivity index (χ2n) is 10.9. The van der Waals surface area contributed by atoms with E-state index in [1.165, 1.54) is 44.3 Å². The maximum atomic E-state index is 2.34. The van der Waals surface area contributed by atoms with Gasteiger partial charge in [-0.25, -0.2) is 0 Å². The van der Waals surface area contributed by atoms with Gasteiger partial charge < -0.3 is 9.13 Å². The van der Waals surface area contributed by atoms with Crippen molar-refractivity contribution in [1.29, 1.82) is 0 Å². The topological polar surface area (TPSA) is 9.86 Å². The van der Waals surface area contributed by atoms with Crippen LogP contribution >= 0.6 is 0 Å². The zero-order valence-electron chi connectivity index (χ0n) is 20.0.